The van der Waals surface area contributed by atoms with Gasteiger partial charge in [-0.15, -0.1) is 0 Å². The third kappa shape index (κ3) is 3.88. The summed E-state index contributed by atoms with van der Waals surface area (Å²) in [6.45, 7) is -1.72. The van der Waals surface area contributed by atoms with E-state index in [9.17, 15) is 13.6 Å². The van der Waals surface area contributed by atoms with Crippen molar-refractivity contribution >= 4 is 29.3 Å². The monoisotopic (exact) mass is 354 g/mol. The first-order valence-electron chi connectivity index (χ1n) is 7.54. The second kappa shape index (κ2) is 7.23. The quantitative estimate of drug-likeness (QED) is 0.650. The predicted molar refractivity (Wildman–Crippen MR) is 87.5 cm³/mol. The van der Waals surface area contributed by atoms with Gasteiger partial charge in [-0.25, -0.2) is 0 Å². The molecule has 128 valence electrons. The van der Waals surface area contributed by atoms with Crippen molar-refractivity contribution in [2.75, 3.05) is 13.2 Å². The molecular formula is C16H16F2N2O3S. The molecule has 24 heavy (non-hydrogen) atoms. The van der Waals surface area contributed by atoms with Crippen LogP contribution in [0, 0.1) is 0 Å². The van der Waals surface area contributed by atoms with Gasteiger partial charge in [-0.05, 0) is 48.8 Å². The van der Waals surface area contributed by atoms with E-state index in [1.807, 2.05) is 0 Å². The van der Waals surface area contributed by atoms with Crippen LogP contribution in [0.15, 0.2) is 30.0 Å². The van der Waals surface area contributed by atoms with Gasteiger partial charge in [-0.3, -0.25) is 9.69 Å². The summed E-state index contributed by atoms with van der Waals surface area (Å²) in [6, 6.07) is 6.01. The van der Waals surface area contributed by atoms with E-state index in [1.165, 1.54) is 17.0 Å². The number of alkyl halides is 2. The molecule has 1 N–H and O–H groups in total. The minimum Gasteiger partial charge on any atom is -0.435 e. The number of rotatable bonds is 5. The van der Waals surface area contributed by atoms with E-state index in [4.69, 9.17) is 17.0 Å². The highest BCUT2D eigenvalue weighted by atomic mass is 32.1. The summed E-state index contributed by atoms with van der Waals surface area (Å²) < 4.78 is 34.1. The summed E-state index contributed by atoms with van der Waals surface area (Å²) in [5.74, 6) is -0.156. The Bertz CT molecular complexity index is 658. The van der Waals surface area contributed by atoms with Gasteiger partial charge in [0.15, 0.2) is 5.11 Å². The lowest BCUT2D eigenvalue weighted by Gasteiger charge is -2.18. The number of nitrogens with one attached hydrogen (secondary N) is 1. The Labute approximate surface area is 143 Å². The summed E-state index contributed by atoms with van der Waals surface area (Å²) in [5, 5.41) is 3.23. The van der Waals surface area contributed by atoms with E-state index in [-0.39, 0.29) is 17.8 Å². The number of ether oxygens (including phenoxy) is 2. The van der Waals surface area contributed by atoms with Gasteiger partial charge in [0.2, 0.25) is 0 Å². The summed E-state index contributed by atoms with van der Waals surface area (Å²) in [6.07, 6.45) is 3.54. The van der Waals surface area contributed by atoms with Gasteiger partial charge in [0.05, 0.1) is 12.6 Å². The summed E-state index contributed by atoms with van der Waals surface area (Å²) in [4.78, 5) is 13.9. The van der Waals surface area contributed by atoms with Gasteiger partial charge in [0.25, 0.3) is 5.91 Å². The van der Waals surface area contributed by atoms with Gasteiger partial charge in [0, 0.05) is 6.61 Å². The maximum atomic E-state index is 12.4. The van der Waals surface area contributed by atoms with Crippen LogP contribution in [0.1, 0.15) is 18.4 Å². The molecule has 3 rings (SSSR count). The Morgan fingerprint density at radius 2 is 2.17 bits per heavy atom. The minimum atomic E-state index is -2.86. The Kier molecular flexibility index (Phi) is 5.06. The highest BCUT2D eigenvalue weighted by Gasteiger charge is 2.33. The van der Waals surface area contributed by atoms with Crippen molar-refractivity contribution in [1.29, 1.82) is 0 Å². The fourth-order valence-electron chi connectivity index (χ4n) is 2.64. The highest BCUT2D eigenvalue weighted by Crippen LogP contribution is 2.20. The molecule has 1 aromatic rings. The van der Waals surface area contributed by atoms with Gasteiger partial charge in [0.1, 0.15) is 11.4 Å². The molecule has 2 fully saturated rings. The van der Waals surface area contributed by atoms with Crippen LogP contribution in [0.4, 0.5) is 8.78 Å². The van der Waals surface area contributed by atoms with E-state index in [2.05, 4.69) is 10.1 Å². The van der Waals surface area contributed by atoms with Crippen LogP contribution >= 0.6 is 12.2 Å². The molecule has 1 unspecified atom stereocenters. The van der Waals surface area contributed by atoms with E-state index >= 15 is 0 Å². The molecule has 2 heterocycles. The van der Waals surface area contributed by atoms with Gasteiger partial charge in [-0.1, -0.05) is 12.1 Å². The third-order valence-electron chi connectivity index (χ3n) is 3.79. The molecule has 0 aliphatic carbocycles. The van der Waals surface area contributed by atoms with Gasteiger partial charge in [-0.2, -0.15) is 8.78 Å². The van der Waals surface area contributed by atoms with Crippen molar-refractivity contribution in [1.82, 2.24) is 10.2 Å². The third-order valence-corrected chi connectivity index (χ3v) is 4.11. The minimum absolute atomic E-state index is 0.0128. The maximum Gasteiger partial charge on any atom is 0.387 e. The lowest BCUT2D eigenvalue weighted by molar-refractivity contribution is -0.123. The number of hydrogen-bond acceptors (Lipinski definition) is 4. The van der Waals surface area contributed by atoms with Crippen molar-refractivity contribution in [2.24, 2.45) is 0 Å². The molecule has 0 saturated carbocycles. The topological polar surface area (TPSA) is 50.8 Å². The van der Waals surface area contributed by atoms with Crippen LogP contribution in [-0.4, -0.2) is 41.8 Å². The zero-order valence-corrected chi connectivity index (χ0v) is 13.5. The van der Waals surface area contributed by atoms with Crippen LogP contribution in [0.2, 0.25) is 0 Å². The average Bonchev–Trinajstić information content (AvgIpc) is 3.13. The Hall–Kier alpha value is -2.06. The lowest BCUT2D eigenvalue weighted by atomic mass is 10.2. The molecule has 2 aliphatic heterocycles. The predicted octanol–water partition coefficient (Wildman–Crippen LogP) is 2.52. The second-order valence-corrected chi connectivity index (χ2v) is 5.87. The summed E-state index contributed by atoms with van der Waals surface area (Å²) >= 11 is 5.21. The number of carbonyl (C=O) groups excluding carboxylic acids is 1. The van der Waals surface area contributed by atoms with Crippen molar-refractivity contribution in [3.8, 4) is 5.75 Å². The standard InChI is InChI=1S/C16H16F2N2O3S/c17-15(18)23-11-5-3-10(4-6-11)8-13-14(21)20(16(24)19-13)9-12-2-1-7-22-12/h3-6,8,12,15H,1-2,7,9H2,(H,19,24)/b13-8-. The Balaban J connectivity index is 1.68. The van der Waals surface area contributed by atoms with Gasteiger partial charge >= 0.3 is 6.61 Å². The Morgan fingerprint density at radius 1 is 1.42 bits per heavy atom. The van der Waals surface area contributed by atoms with Crippen molar-refractivity contribution in [3.63, 3.8) is 0 Å². The van der Waals surface area contributed by atoms with Crippen LogP contribution < -0.4 is 10.1 Å². The first-order chi connectivity index (χ1) is 11.5. The largest absolute Gasteiger partial charge is 0.435 e. The smallest absolute Gasteiger partial charge is 0.387 e. The number of thiocarbonyl (C=S) groups is 1. The number of carbonyl (C=O) groups is 1. The number of amides is 1. The number of halogens is 2. The molecule has 0 radical (unpaired) electrons. The zero-order chi connectivity index (χ0) is 17.1. The fourth-order valence-corrected chi connectivity index (χ4v) is 2.91. The van der Waals surface area contributed by atoms with Crippen molar-refractivity contribution < 1.29 is 23.0 Å². The summed E-state index contributed by atoms with van der Waals surface area (Å²) in [7, 11) is 0. The normalized spacial score (nSPS) is 22.5. The fraction of sp³-hybridized carbons (Fsp3) is 0.375. The van der Waals surface area contributed by atoms with Crippen LogP contribution in [0.5, 0.6) is 5.75 Å². The van der Waals surface area contributed by atoms with E-state index in [1.54, 1.807) is 18.2 Å². The lowest BCUT2D eigenvalue weighted by Crippen LogP contribution is -2.37. The molecule has 1 aromatic carbocycles. The molecule has 2 saturated heterocycles. The molecule has 1 atom stereocenters. The molecule has 1 amide bonds. The van der Waals surface area contributed by atoms with E-state index in [0.717, 1.165) is 12.8 Å². The second-order valence-electron chi connectivity index (χ2n) is 5.49. The van der Waals surface area contributed by atoms with E-state index < -0.39 is 6.61 Å². The number of benzene rings is 1. The molecule has 2 aliphatic rings. The van der Waals surface area contributed by atoms with E-state index in [0.29, 0.717) is 29.5 Å². The summed E-state index contributed by atoms with van der Waals surface area (Å²) in [5.41, 5.74) is 1.02. The number of hydrogen-bond donors (Lipinski definition) is 1. The Morgan fingerprint density at radius 3 is 2.79 bits per heavy atom. The van der Waals surface area contributed by atoms with Gasteiger partial charge < -0.3 is 14.8 Å². The molecule has 0 spiro atoms. The molecule has 8 heteroatoms. The SMILES string of the molecule is O=C1/C(=C/c2ccc(OC(F)F)cc2)NC(=S)N1CC1CCCO1. The molecule has 5 nitrogen and oxygen atoms in total. The van der Waals surface area contributed by atoms with Crippen LogP contribution in [0.25, 0.3) is 6.08 Å². The zero-order valence-electron chi connectivity index (χ0n) is 12.7. The first-order valence-corrected chi connectivity index (χ1v) is 7.95. The maximum absolute atomic E-state index is 12.4. The number of nitrogens with zero attached hydrogens (tertiary/aromatic N) is 1. The van der Waals surface area contributed by atoms with Crippen molar-refractivity contribution in [3.05, 3.63) is 35.5 Å². The van der Waals surface area contributed by atoms with Crippen LogP contribution in [0.3, 0.4) is 0 Å². The van der Waals surface area contributed by atoms with Crippen molar-refractivity contribution in [2.45, 2.75) is 25.6 Å². The molecule has 0 bridgehead atoms. The average molecular weight is 354 g/mol. The van der Waals surface area contributed by atoms with Crippen LogP contribution in [-0.2, 0) is 9.53 Å². The highest BCUT2D eigenvalue weighted by molar-refractivity contribution is 7.80. The molecule has 0 aromatic heterocycles. The molecular weight excluding hydrogens is 338 g/mol. The first kappa shape index (κ1) is 16.8.